The molecule has 0 aliphatic rings. The van der Waals surface area contributed by atoms with Crippen LogP contribution in [0.15, 0.2) is 0 Å². The summed E-state index contributed by atoms with van der Waals surface area (Å²) in [5.41, 5.74) is 5.62. The third-order valence-corrected chi connectivity index (χ3v) is 2.24. The molecule has 3 N–H and O–H groups in total. The van der Waals surface area contributed by atoms with Crippen LogP contribution in [0, 0.1) is 0 Å². The lowest BCUT2D eigenvalue weighted by atomic mass is 10.1. The maximum Gasteiger partial charge on any atom is 0.237 e. The predicted octanol–water partition coefficient (Wildman–Crippen LogP) is 0.898. The minimum Gasteiger partial charge on any atom is -0.344 e. The van der Waals surface area contributed by atoms with Crippen LogP contribution in [0.25, 0.3) is 0 Å². The molecule has 4 nitrogen and oxygen atoms in total. The Balaban J connectivity index is 3.94. The second-order valence-corrected chi connectivity index (χ2v) is 3.72. The van der Waals surface area contributed by atoms with Gasteiger partial charge in [0.2, 0.25) is 12.2 Å². The summed E-state index contributed by atoms with van der Waals surface area (Å²) in [5, 5.41) is 2.60. The Bertz CT molecular complexity index is 195. The van der Waals surface area contributed by atoms with Gasteiger partial charge in [-0.3, -0.25) is 9.59 Å². The first-order valence-corrected chi connectivity index (χ1v) is 5.59. The molecule has 0 aromatic heterocycles. The molecule has 1 amide bonds. The van der Waals surface area contributed by atoms with Crippen LogP contribution in [0.1, 0.15) is 46.0 Å². The van der Waals surface area contributed by atoms with E-state index in [4.69, 9.17) is 5.73 Å². The predicted molar refractivity (Wildman–Crippen MR) is 60.0 cm³/mol. The van der Waals surface area contributed by atoms with Crippen molar-refractivity contribution in [3.05, 3.63) is 0 Å². The molecule has 0 aliphatic heterocycles. The Morgan fingerprint density at radius 2 is 2.00 bits per heavy atom. The van der Waals surface area contributed by atoms with Crippen LogP contribution in [0.5, 0.6) is 0 Å². The smallest absolute Gasteiger partial charge is 0.237 e. The van der Waals surface area contributed by atoms with Gasteiger partial charge in [0, 0.05) is 0 Å². The number of unbranched alkanes of at least 4 members (excludes halogenated alkanes) is 1. The summed E-state index contributed by atoms with van der Waals surface area (Å²) in [6.45, 7) is 4.00. The van der Waals surface area contributed by atoms with Crippen molar-refractivity contribution in [2.24, 2.45) is 5.73 Å². The summed E-state index contributed by atoms with van der Waals surface area (Å²) >= 11 is 0. The first kappa shape index (κ1) is 14.1. The van der Waals surface area contributed by atoms with Gasteiger partial charge in [-0.1, -0.05) is 33.1 Å². The van der Waals surface area contributed by atoms with E-state index in [0.717, 1.165) is 19.3 Å². The van der Waals surface area contributed by atoms with Gasteiger partial charge in [-0.2, -0.15) is 0 Å². The topological polar surface area (TPSA) is 72.2 Å². The van der Waals surface area contributed by atoms with E-state index in [-0.39, 0.29) is 5.91 Å². The average molecular weight is 213 g/mol. The van der Waals surface area contributed by atoms with E-state index in [2.05, 4.69) is 5.32 Å². The van der Waals surface area contributed by atoms with E-state index in [9.17, 15) is 9.59 Å². The van der Waals surface area contributed by atoms with Crippen molar-refractivity contribution < 1.29 is 9.59 Å². The van der Waals surface area contributed by atoms with Gasteiger partial charge in [0.1, 0.15) is 0 Å². The summed E-state index contributed by atoms with van der Waals surface area (Å²) in [5.74, 6) is -0.249. The summed E-state index contributed by atoms with van der Waals surface area (Å²) in [6, 6.07) is -1.01. The number of nitrogens with two attached hydrogens (primary N) is 1. The van der Waals surface area contributed by atoms with Crippen LogP contribution in [0.2, 0.25) is 0 Å². The van der Waals surface area contributed by atoms with Gasteiger partial charge >= 0.3 is 0 Å². The third kappa shape index (κ3) is 6.23. The lowest BCUT2D eigenvalue weighted by Crippen LogP contribution is -2.45. The summed E-state index contributed by atoms with van der Waals surface area (Å²) in [7, 11) is 0. The summed E-state index contributed by atoms with van der Waals surface area (Å²) in [6.07, 6.45) is 5.88. The number of amides is 1. The van der Waals surface area contributed by atoms with E-state index in [1.54, 1.807) is 0 Å². The van der Waals surface area contributed by atoms with Gasteiger partial charge in [0.05, 0.1) is 12.1 Å². The molecular formula is C11H21N2O2. The molecule has 0 heterocycles. The Hall–Kier alpha value is -0.900. The number of hydrogen-bond donors (Lipinski definition) is 2. The maximum atomic E-state index is 11.5. The van der Waals surface area contributed by atoms with Crippen molar-refractivity contribution >= 4 is 12.2 Å². The zero-order valence-electron chi connectivity index (χ0n) is 9.58. The van der Waals surface area contributed by atoms with E-state index < -0.39 is 12.1 Å². The van der Waals surface area contributed by atoms with Gasteiger partial charge in [0.25, 0.3) is 0 Å². The van der Waals surface area contributed by atoms with Crippen molar-refractivity contribution in [1.82, 2.24) is 5.32 Å². The largest absolute Gasteiger partial charge is 0.344 e. The minimum absolute atomic E-state index is 0.249. The molecule has 0 aromatic rings. The molecule has 4 heteroatoms. The number of rotatable bonds is 8. The number of carbonyl (C=O) groups excluding carboxylic acids is 2. The van der Waals surface area contributed by atoms with Crippen LogP contribution in [-0.2, 0) is 9.59 Å². The number of hydrogen-bond acceptors (Lipinski definition) is 3. The normalized spacial score (nSPS) is 14.3. The molecule has 15 heavy (non-hydrogen) atoms. The van der Waals surface area contributed by atoms with Crippen LogP contribution in [0.3, 0.4) is 0 Å². The van der Waals surface area contributed by atoms with Gasteiger partial charge in [-0.25, -0.2) is 0 Å². The Kier molecular flexibility index (Phi) is 7.91. The van der Waals surface area contributed by atoms with Gasteiger partial charge in [0.15, 0.2) is 0 Å². The molecule has 2 atom stereocenters. The fraction of sp³-hybridized carbons (Fsp3) is 0.818. The average Bonchev–Trinajstić information content (AvgIpc) is 2.24. The molecule has 0 saturated carbocycles. The van der Waals surface area contributed by atoms with E-state index in [1.807, 2.05) is 20.1 Å². The lowest BCUT2D eigenvalue weighted by molar-refractivity contribution is -0.122. The van der Waals surface area contributed by atoms with Crippen molar-refractivity contribution in [2.75, 3.05) is 0 Å². The highest BCUT2D eigenvalue weighted by atomic mass is 16.2. The summed E-state index contributed by atoms with van der Waals surface area (Å²) in [4.78, 5) is 22.0. The van der Waals surface area contributed by atoms with Crippen molar-refractivity contribution in [1.29, 1.82) is 0 Å². The van der Waals surface area contributed by atoms with E-state index in [0.29, 0.717) is 12.8 Å². The molecule has 0 bridgehead atoms. The van der Waals surface area contributed by atoms with E-state index >= 15 is 0 Å². The van der Waals surface area contributed by atoms with Gasteiger partial charge < -0.3 is 11.1 Å². The van der Waals surface area contributed by atoms with Gasteiger partial charge in [-0.15, -0.1) is 0 Å². The fourth-order valence-corrected chi connectivity index (χ4v) is 1.29. The van der Waals surface area contributed by atoms with Crippen molar-refractivity contribution in [2.45, 2.75) is 58.0 Å². The van der Waals surface area contributed by atoms with Crippen LogP contribution < -0.4 is 11.1 Å². The molecule has 1 radical (unpaired) electrons. The van der Waals surface area contributed by atoms with Crippen molar-refractivity contribution in [3.63, 3.8) is 0 Å². The second kappa shape index (κ2) is 8.41. The number of nitrogens with one attached hydrogen (secondary N) is 1. The lowest BCUT2D eigenvalue weighted by Gasteiger charge is -2.15. The highest BCUT2D eigenvalue weighted by Crippen LogP contribution is 2.00. The molecule has 0 aliphatic carbocycles. The molecule has 0 aromatic carbocycles. The van der Waals surface area contributed by atoms with E-state index in [1.165, 1.54) is 0 Å². The van der Waals surface area contributed by atoms with Crippen LogP contribution in [0.4, 0.5) is 0 Å². The Morgan fingerprint density at radius 3 is 2.47 bits per heavy atom. The van der Waals surface area contributed by atoms with Crippen LogP contribution in [-0.4, -0.2) is 24.3 Å². The van der Waals surface area contributed by atoms with Crippen LogP contribution >= 0.6 is 0 Å². The molecular weight excluding hydrogens is 192 g/mol. The molecule has 87 valence electrons. The molecule has 0 spiro atoms. The monoisotopic (exact) mass is 213 g/mol. The Labute approximate surface area is 91.6 Å². The molecule has 0 saturated heterocycles. The first-order chi connectivity index (χ1) is 7.15. The number of carbonyl (C=O) groups is 1. The SMILES string of the molecule is CCCC[C@@H]([C]=O)NC(=O)[C@@H](N)CCC. The highest BCUT2D eigenvalue weighted by molar-refractivity contribution is 5.84. The third-order valence-electron chi connectivity index (χ3n) is 2.24. The maximum absolute atomic E-state index is 11.5. The highest BCUT2D eigenvalue weighted by Gasteiger charge is 2.16. The molecule has 0 unspecified atom stereocenters. The van der Waals surface area contributed by atoms with Gasteiger partial charge in [-0.05, 0) is 12.8 Å². The zero-order chi connectivity index (χ0) is 11.7. The Morgan fingerprint density at radius 1 is 1.33 bits per heavy atom. The van der Waals surface area contributed by atoms with Crippen molar-refractivity contribution in [3.8, 4) is 0 Å². The second-order valence-electron chi connectivity index (χ2n) is 3.72. The minimum atomic E-state index is -0.507. The standard InChI is InChI=1S/C11H21N2O2/c1-3-5-7-9(8-14)13-11(15)10(12)6-4-2/h9-10H,3-7,12H2,1-2H3,(H,13,15)/t9-,10-/m0/s1. The zero-order valence-corrected chi connectivity index (χ0v) is 9.58. The fourth-order valence-electron chi connectivity index (χ4n) is 1.29. The quantitative estimate of drug-likeness (QED) is 0.629. The molecule has 0 fully saturated rings. The first-order valence-electron chi connectivity index (χ1n) is 5.59. The summed E-state index contributed by atoms with van der Waals surface area (Å²) < 4.78 is 0. The molecule has 0 rings (SSSR count).